The molecular weight excluding hydrogens is 306 g/mol. The number of carboxylic acids is 1. The van der Waals surface area contributed by atoms with Crippen LogP contribution in [0, 0.1) is 10.1 Å². The first kappa shape index (κ1) is 16.4. The van der Waals surface area contributed by atoms with E-state index in [9.17, 15) is 29.6 Å². The topological polar surface area (TPSA) is 139 Å². The Morgan fingerprint density at radius 3 is 2.70 bits per heavy atom. The number of carbonyl (C=O) groups is 3. The molecular formula is C14H15N3O6. The Labute approximate surface area is 130 Å². The highest BCUT2D eigenvalue weighted by Gasteiger charge is 2.31. The van der Waals surface area contributed by atoms with Crippen LogP contribution in [0.5, 0.6) is 0 Å². The third kappa shape index (κ3) is 4.02. The number of carboxylic acid groups (broad SMARTS) is 1. The van der Waals surface area contributed by atoms with Crippen molar-refractivity contribution in [3.63, 3.8) is 0 Å². The van der Waals surface area contributed by atoms with E-state index in [0.717, 1.165) is 0 Å². The number of nitro benzene ring substituents is 1. The summed E-state index contributed by atoms with van der Waals surface area (Å²) in [6, 6.07) is 3.66. The number of nitrogens with zero attached hydrogens (tertiary/aromatic N) is 1. The molecule has 1 aromatic carbocycles. The molecule has 122 valence electrons. The van der Waals surface area contributed by atoms with Crippen LogP contribution in [0.1, 0.15) is 18.4 Å². The molecule has 23 heavy (non-hydrogen) atoms. The first-order valence-electron chi connectivity index (χ1n) is 6.93. The van der Waals surface area contributed by atoms with Crippen molar-refractivity contribution in [1.29, 1.82) is 0 Å². The van der Waals surface area contributed by atoms with Gasteiger partial charge in [0.25, 0.3) is 5.69 Å². The number of nitro groups is 1. The first-order chi connectivity index (χ1) is 10.9. The van der Waals surface area contributed by atoms with Gasteiger partial charge in [0.2, 0.25) is 11.8 Å². The molecule has 0 aromatic heterocycles. The third-order valence-corrected chi connectivity index (χ3v) is 3.54. The van der Waals surface area contributed by atoms with Crippen molar-refractivity contribution < 1.29 is 24.4 Å². The molecule has 2 atom stereocenters. The van der Waals surface area contributed by atoms with Gasteiger partial charge in [0.05, 0.1) is 4.92 Å². The Morgan fingerprint density at radius 2 is 2.13 bits per heavy atom. The molecule has 0 saturated carbocycles. The quantitative estimate of drug-likeness (QED) is 0.497. The van der Waals surface area contributed by atoms with Gasteiger partial charge in [-0.05, 0) is 6.42 Å². The molecule has 0 spiro atoms. The normalized spacial score (nSPS) is 18.1. The van der Waals surface area contributed by atoms with Crippen LogP contribution in [0.25, 0.3) is 0 Å². The van der Waals surface area contributed by atoms with Gasteiger partial charge in [-0.2, -0.15) is 0 Å². The fourth-order valence-electron chi connectivity index (χ4n) is 2.36. The molecule has 0 unspecified atom stereocenters. The number of nitrogens with one attached hydrogen (secondary N) is 2. The Kier molecular flexibility index (Phi) is 4.89. The predicted octanol–water partition coefficient (Wildman–Crippen LogP) is -0.0147. The molecule has 0 aliphatic carbocycles. The second-order valence-electron chi connectivity index (χ2n) is 5.15. The smallest absolute Gasteiger partial charge is 0.326 e. The molecule has 1 aromatic rings. The molecule has 1 heterocycles. The summed E-state index contributed by atoms with van der Waals surface area (Å²) in [5, 5.41) is 25.0. The molecule has 1 saturated heterocycles. The van der Waals surface area contributed by atoms with Crippen molar-refractivity contribution in [2.45, 2.75) is 31.3 Å². The maximum Gasteiger partial charge on any atom is 0.326 e. The monoisotopic (exact) mass is 321 g/mol. The summed E-state index contributed by atoms with van der Waals surface area (Å²) in [5.74, 6) is -2.18. The summed E-state index contributed by atoms with van der Waals surface area (Å²) in [7, 11) is 0. The van der Waals surface area contributed by atoms with E-state index in [1.54, 1.807) is 6.07 Å². The van der Waals surface area contributed by atoms with Crippen LogP contribution in [0.3, 0.4) is 0 Å². The van der Waals surface area contributed by atoms with E-state index in [1.807, 2.05) is 0 Å². The fraction of sp³-hybridized carbons (Fsp3) is 0.357. The molecule has 9 heteroatoms. The number of hydrogen-bond acceptors (Lipinski definition) is 5. The highest BCUT2D eigenvalue weighted by molar-refractivity contribution is 5.92. The van der Waals surface area contributed by atoms with Crippen LogP contribution in [0.2, 0.25) is 0 Å². The number of rotatable bonds is 6. The van der Waals surface area contributed by atoms with Gasteiger partial charge < -0.3 is 15.7 Å². The second kappa shape index (κ2) is 6.86. The standard InChI is InChI=1S/C14H15N3O6/c18-12-6-5-9(15-12)13(19)16-10(14(20)21)7-8-3-1-2-4-11(8)17(22)23/h1-4,9-10H,5-7H2,(H,15,18)(H,16,19)(H,20,21)/t9-,10+/m0/s1. The van der Waals surface area contributed by atoms with E-state index in [2.05, 4.69) is 10.6 Å². The highest BCUT2D eigenvalue weighted by Crippen LogP contribution is 2.19. The summed E-state index contributed by atoms with van der Waals surface area (Å²) in [5.41, 5.74) is 0.00262. The minimum absolute atomic E-state index is 0.206. The van der Waals surface area contributed by atoms with Crippen molar-refractivity contribution in [2.75, 3.05) is 0 Å². The van der Waals surface area contributed by atoms with Crippen molar-refractivity contribution in [1.82, 2.24) is 10.6 Å². The number of amides is 2. The van der Waals surface area contributed by atoms with Crippen molar-refractivity contribution in [3.05, 3.63) is 39.9 Å². The molecule has 0 bridgehead atoms. The first-order valence-corrected chi connectivity index (χ1v) is 6.93. The van der Waals surface area contributed by atoms with Gasteiger partial charge in [0, 0.05) is 24.5 Å². The molecule has 1 fully saturated rings. The van der Waals surface area contributed by atoms with Crippen molar-refractivity contribution >= 4 is 23.5 Å². The molecule has 2 rings (SSSR count). The van der Waals surface area contributed by atoms with E-state index in [1.165, 1.54) is 18.2 Å². The number of hydrogen-bond donors (Lipinski definition) is 3. The summed E-state index contributed by atoms with van der Waals surface area (Å²) in [6.45, 7) is 0. The number of para-hydroxylation sites is 1. The minimum Gasteiger partial charge on any atom is -0.480 e. The van der Waals surface area contributed by atoms with E-state index < -0.39 is 28.9 Å². The molecule has 0 radical (unpaired) electrons. The van der Waals surface area contributed by atoms with Crippen LogP contribution < -0.4 is 10.6 Å². The van der Waals surface area contributed by atoms with Crippen LogP contribution in [-0.4, -0.2) is 39.9 Å². The lowest BCUT2D eigenvalue weighted by Crippen LogP contribution is -2.49. The van der Waals surface area contributed by atoms with Gasteiger partial charge >= 0.3 is 5.97 Å². The lowest BCUT2D eigenvalue weighted by Gasteiger charge is -2.17. The maximum absolute atomic E-state index is 12.0. The Morgan fingerprint density at radius 1 is 1.43 bits per heavy atom. The molecule has 3 N–H and O–H groups in total. The molecule has 9 nitrogen and oxygen atoms in total. The van der Waals surface area contributed by atoms with Gasteiger partial charge in [-0.3, -0.25) is 19.7 Å². The van der Waals surface area contributed by atoms with Crippen LogP contribution in [-0.2, 0) is 20.8 Å². The Hall–Kier alpha value is -2.97. The van der Waals surface area contributed by atoms with Crippen molar-refractivity contribution in [3.8, 4) is 0 Å². The highest BCUT2D eigenvalue weighted by atomic mass is 16.6. The van der Waals surface area contributed by atoms with Gasteiger partial charge in [-0.15, -0.1) is 0 Å². The number of aliphatic carboxylic acids is 1. The maximum atomic E-state index is 12.0. The fourth-order valence-corrected chi connectivity index (χ4v) is 2.36. The van der Waals surface area contributed by atoms with E-state index >= 15 is 0 Å². The van der Waals surface area contributed by atoms with Crippen molar-refractivity contribution in [2.24, 2.45) is 0 Å². The van der Waals surface area contributed by atoms with E-state index in [4.69, 9.17) is 0 Å². The zero-order chi connectivity index (χ0) is 17.0. The SMILES string of the molecule is O=C1CC[C@@H](C(=O)N[C@H](Cc2ccccc2[N+](=O)[O-])C(=O)O)N1. The number of benzene rings is 1. The lowest BCUT2D eigenvalue weighted by atomic mass is 10.0. The molecule has 2 amide bonds. The summed E-state index contributed by atoms with van der Waals surface area (Å²) in [6.07, 6.45) is 0.279. The summed E-state index contributed by atoms with van der Waals surface area (Å²) in [4.78, 5) is 44.8. The molecule has 1 aliphatic heterocycles. The van der Waals surface area contributed by atoms with Gasteiger partial charge in [0.1, 0.15) is 12.1 Å². The predicted molar refractivity (Wildman–Crippen MR) is 77.5 cm³/mol. The summed E-state index contributed by atoms with van der Waals surface area (Å²) < 4.78 is 0. The zero-order valence-electron chi connectivity index (χ0n) is 12.0. The Bertz CT molecular complexity index is 660. The van der Waals surface area contributed by atoms with Gasteiger partial charge in [-0.25, -0.2) is 4.79 Å². The number of carbonyl (C=O) groups excluding carboxylic acids is 2. The van der Waals surface area contributed by atoms with E-state index in [0.29, 0.717) is 6.42 Å². The molecule has 1 aliphatic rings. The lowest BCUT2D eigenvalue weighted by molar-refractivity contribution is -0.385. The average molecular weight is 321 g/mol. The second-order valence-corrected chi connectivity index (χ2v) is 5.15. The average Bonchev–Trinajstić information content (AvgIpc) is 2.93. The van der Waals surface area contributed by atoms with Crippen LogP contribution in [0.15, 0.2) is 24.3 Å². The minimum atomic E-state index is -1.32. The van der Waals surface area contributed by atoms with E-state index in [-0.39, 0.29) is 30.0 Å². The van der Waals surface area contributed by atoms with Gasteiger partial charge in [-0.1, -0.05) is 18.2 Å². The van der Waals surface area contributed by atoms with Crippen LogP contribution >= 0.6 is 0 Å². The largest absolute Gasteiger partial charge is 0.480 e. The zero-order valence-corrected chi connectivity index (χ0v) is 12.0. The van der Waals surface area contributed by atoms with Gasteiger partial charge in [0.15, 0.2) is 0 Å². The Balaban J connectivity index is 2.11. The summed E-state index contributed by atoms with van der Waals surface area (Å²) >= 11 is 0. The third-order valence-electron chi connectivity index (χ3n) is 3.54. The van der Waals surface area contributed by atoms with Crippen LogP contribution in [0.4, 0.5) is 5.69 Å².